The predicted octanol–water partition coefficient (Wildman–Crippen LogP) is 4.80. The van der Waals surface area contributed by atoms with Crippen LogP contribution in [0.3, 0.4) is 0 Å². The number of amides is 1. The van der Waals surface area contributed by atoms with Gasteiger partial charge in [0.05, 0.1) is 21.7 Å². The number of carbonyl (C=O) groups is 1. The molecule has 0 aliphatic heterocycles. The molecule has 0 heterocycles. The van der Waals surface area contributed by atoms with E-state index in [2.05, 4.69) is 17.4 Å². The lowest BCUT2D eigenvalue weighted by atomic mass is 9.87. The summed E-state index contributed by atoms with van der Waals surface area (Å²) in [5, 5.41) is 3.78. The quantitative estimate of drug-likeness (QED) is 0.846. The van der Waals surface area contributed by atoms with E-state index < -0.39 is 0 Å². The van der Waals surface area contributed by atoms with Gasteiger partial charge >= 0.3 is 0 Å². The number of fused-ring (bicyclic) bond motifs is 1. The lowest BCUT2D eigenvalue weighted by Crippen LogP contribution is -2.31. The Morgan fingerprint density at radius 2 is 1.90 bits per heavy atom. The molecular formula is C17H15Cl2NO. The van der Waals surface area contributed by atoms with E-state index in [1.807, 2.05) is 12.1 Å². The number of halogens is 2. The average molecular weight is 320 g/mol. The molecule has 1 amide bonds. The summed E-state index contributed by atoms with van der Waals surface area (Å²) >= 11 is 12.1. The summed E-state index contributed by atoms with van der Waals surface area (Å²) in [6.07, 6.45) is 3.09. The first-order valence-corrected chi connectivity index (χ1v) is 7.75. The Kier molecular flexibility index (Phi) is 4.18. The highest BCUT2D eigenvalue weighted by atomic mass is 35.5. The van der Waals surface area contributed by atoms with Crippen molar-refractivity contribution in [1.29, 1.82) is 0 Å². The maximum Gasteiger partial charge on any atom is 0.253 e. The normalized spacial score (nSPS) is 17.1. The van der Waals surface area contributed by atoms with Crippen molar-refractivity contribution >= 4 is 29.1 Å². The summed E-state index contributed by atoms with van der Waals surface area (Å²) in [6.45, 7) is 0. The van der Waals surface area contributed by atoms with Crippen molar-refractivity contribution < 1.29 is 4.79 Å². The number of hydrogen-bond acceptors (Lipinski definition) is 1. The van der Waals surface area contributed by atoms with Crippen LogP contribution in [0.15, 0.2) is 42.5 Å². The molecule has 0 saturated heterocycles. The lowest BCUT2D eigenvalue weighted by molar-refractivity contribution is 0.0933. The predicted molar refractivity (Wildman–Crippen MR) is 86.0 cm³/mol. The highest BCUT2D eigenvalue weighted by Gasteiger charge is 2.23. The summed E-state index contributed by atoms with van der Waals surface area (Å²) in [5.41, 5.74) is 2.94. The van der Waals surface area contributed by atoms with E-state index in [0.29, 0.717) is 15.6 Å². The molecule has 0 saturated carbocycles. The molecule has 3 rings (SSSR count). The van der Waals surface area contributed by atoms with E-state index in [-0.39, 0.29) is 11.9 Å². The summed E-state index contributed by atoms with van der Waals surface area (Å²) in [4.78, 5) is 12.4. The van der Waals surface area contributed by atoms with Crippen molar-refractivity contribution in [3.05, 3.63) is 69.2 Å². The molecule has 1 unspecified atom stereocenters. The largest absolute Gasteiger partial charge is 0.345 e. The molecule has 0 spiro atoms. The first kappa shape index (κ1) is 14.4. The second-order valence-corrected chi connectivity index (χ2v) is 6.00. The molecule has 21 heavy (non-hydrogen) atoms. The second kappa shape index (κ2) is 6.08. The maximum absolute atomic E-state index is 12.4. The number of rotatable bonds is 2. The first-order valence-electron chi connectivity index (χ1n) is 6.99. The van der Waals surface area contributed by atoms with Gasteiger partial charge in [-0.3, -0.25) is 4.79 Å². The Balaban J connectivity index is 1.85. The van der Waals surface area contributed by atoms with Gasteiger partial charge in [-0.05, 0) is 42.5 Å². The summed E-state index contributed by atoms with van der Waals surface area (Å²) in [6, 6.07) is 13.4. The van der Waals surface area contributed by atoms with Crippen molar-refractivity contribution in [2.45, 2.75) is 25.3 Å². The van der Waals surface area contributed by atoms with Crippen LogP contribution in [-0.2, 0) is 6.42 Å². The van der Waals surface area contributed by atoms with Gasteiger partial charge in [0.1, 0.15) is 0 Å². The SMILES string of the molecule is O=C(NC1CCCc2ccccc21)c1cccc(Cl)c1Cl. The van der Waals surface area contributed by atoms with Gasteiger partial charge in [0.2, 0.25) is 0 Å². The van der Waals surface area contributed by atoms with Crippen LogP contribution in [0, 0.1) is 0 Å². The van der Waals surface area contributed by atoms with Gasteiger partial charge < -0.3 is 5.32 Å². The number of benzene rings is 2. The Labute approximate surface area is 134 Å². The minimum absolute atomic E-state index is 0.0394. The molecule has 1 atom stereocenters. The molecule has 1 aliphatic rings. The fraction of sp³-hybridized carbons (Fsp3) is 0.235. The molecule has 1 N–H and O–H groups in total. The molecule has 2 aromatic rings. The molecule has 2 nitrogen and oxygen atoms in total. The lowest BCUT2D eigenvalue weighted by Gasteiger charge is -2.26. The third-order valence-corrected chi connectivity index (χ3v) is 4.69. The van der Waals surface area contributed by atoms with Crippen LogP contribution in [0.1, 0.15) is 40.4 Å². The molecule has 0 radical (unpaired) electrons. The van der Waals surface area contributed by atoms with Crippen LogP contribution in [0.5, 0.6) is 0 Å². The van der Waals surface area contributed by atoms with Gasteiger partial charge in [0.15, 0.2) is 0 Å². The van der Waals surface area contributed by atoms with Gasteiger partial charge in [0, 0.05) is 0 Å². The number of hydrogen-bond donors (Lipinski definition) is 1. The van der Waals surface area contributed by atoms with Gasteiger partial charge in [-0.25, -0.2) is 0 Å². The summed E-state index contributed by atoms with van der Waals surface area (Å²) < 4.78 is 0. The van der Waals surface area contributed by atoms with Crippen LogP contribution in [-0.4, -0.2) is 5.91 Å². The van der Waals surface area contributed by atoms with E-state index in [1.165, 1.54) is 11.1 Å². The van der Waals surface area contributed by atoms with E-state index in [4.69, 9.17) is 23.2 Å². The van der Waals surface area contributed by atoms with E-state index in [0.717, 1.165) is 19.3 Å². The molecule has 0 bridgehead atoms. The standard InChI is InChI=1S/C17H15Cl2NO/c18-14-9-4-8-13(16(14)19)17(21)20-15-10-3-6-11-5-1-2-7-12(11)15/h1-2,4-5,7-9,15H,3,6,10H2,(H,20,21). The molecule has 0 fully saturated rings. The highest BCUT2D eigenvalue weighted by molar-refractivity contribution is 6.43. The fourth-order valence-corrected chi connectivity index (χ4v) is 3.21. The fourth-order valence-electron chi connectivity index (χ4n) is 2.82. The minimum Gasteiger partial charge on any atom is -0.345 e. The van der Waals surface area contributed by atoms with Gasteiger partial charge in [-0.15, -0.1) is 0 Å². The van der Waals surface area contributed by atoms with Crippen LogP contribution in [0.4, 0.5) is 0 Å². The smallest absolute Gasteiger partial charge is 0.253 e. The summed E-state index contributed by atoms with van der Waals surface area (Å²) in [7, 11) is 0. The summed E-state index contributed by atoms with van der Waals surface area (Å²) in [5.74, 6) is -0.177. The highest BCUT2D eigenvalue weighted by Crippen LogP contribution is 2.31. The van der Waals surface area contributed by atoms with Gasteiger partial charge in [-0.2, -0.15) is 0 Å². The second-order valence-electron chi connectivity index (χ2n) is 5.22. The molecule has 4 heteroatoms. The molecule has 108 valence electrons. The van der Waals surface area contributed by atoms with E-state index in [1.54, 1.807) is 18.2 Å². The van der Waals surface area contributed by atoms with Gasteiger partial charge in [-0.1, -0.05) is 53.5 Å². The molecule has 2 aromatic carbocycles. The Morgan fingerprint density at radius 1 is 1.10 bits per heavy atom. The van der Waals surface area contributed by atoms with Crippen molar-refractivity contribution in [2.24, 2.45) is 0 Å². The molecular weight excluding hydrogens is 305 g/mol. The minimum atomic E-state index is -0.177. The van der Waals surface area contributed by atoms with Gasteiger partial charge in [0.25, 0.3) is 5.91 Å². The number of carbonyl (C=O) groups excluding carboxylic acids is 1. The zero-order chi connectivity index (χ0) is 14.8. The average Bonchev–Trinajstić information content (AvgIpc) is 2.50. The Morgan fingerprint density at radius 3 is 2.76 bits per heavy atom. The van der Waals surface area contributed by atoms with Crippen LogP contribution in [0.2, 0.25) is 10.0 Å². The zero-order valence-electron chi connectivity index (χ0n) is 11.4. The van der Waals surface area contributed by atoms with Crippen molar-refractivity contribution in [3.63, 3.8) is 0 Å². The Bertz CT molecular complexity index is 684. The van der Waals surface area contributed by atoms with Crippen molar-refractivity contribution in [2.75, 3.05) is 0 Å². The number of nitrogens with one attached hydrogen (secondary N) is 1. The molecule has 1 aliphatic carbocycles. The monoisotopic (exact) mass is 319 g/mol. The number of aryl methyl sites for hydroxylation is 1. The van der Waals surface area contributed by atoms with E-state index >= 15 is 0 Å². The van der Waals surface area contributed by atoms with Crippen LogP contribution < -0.4 is 5.32 Å². The maximum atomic E-state index is 12.4. The van der Waals surface area contributed by atoms with Crippen LogP contribution >= 0.6 is 23.2 Å². The molecule has 0 aromatic heterocycles. The Hall–Kier alpha value is -1.51. The van der Waals surface area contributed by atoms with E-state index in [9.17, 15) is 4.79 Å². The van der Waals surface area contributed by atoms with Crippen LogP contribution in [0.25, 0.3) is 0 Å². The van der Waals surface area contributed by atoms with Crippen molar-refractivity contribution in [1.82, 2.24) is 5.32 Å². The first-order chi connectivity index (χ1) is 10.2. The third kappa shape index (κ3) is 2.92. The third-order valence-electron chi connectivity index (χ3n) is 3.87. The zero-order valence-corrected chi connectivity index (χ0v) is 12.9. The topological polar surface area (TPSA) is 29.1 Å². The van der Waals surface area contributed by atoms with Crippen molar-refractivity contribution in [3.8, 4) is 0 Å².